The van der Waals surface area contributed by atoms with Crippen LogP contribution in [0.25, 0.3) is 5.13 Å². The van der Waals surface area contributed by atoms with Gasteiger partial charge in [-0.3, -0.25) is 9.89 Å². The first-order valence-electron chi connectivity index (χ1n) is 5.77. The Kier molecular flexibility index (Phi) is 2.51. The highest BCUT2D eigenvalue weighted by Crippen LogP contribution is 2.35. The monoisotopic (exact) mass is 250 g/mol. The fourth-order valence-electron chi connectivity index (χ4n) is 2.45. The summed E-state index contributed by atoms with van der Waals surface area (Å²) in [5.74, 6) is 0.406. The van der Waals surface area contributed by atoms with E-state index in [2.05, 4.69) is 10.1 Å². The first kappa shape index (κ1) is 10.6. The highest BCUT2D eigenvalue weighted by Gasteiger charge is 2.24. The Labute approximate surface area is 102 Å². The van der Waals surface area contributed by atoms with Crippen molar-refractivity contribution in [3.05, 3.63) is 27.6 Å². The van der Waals surface area contributed by atoms with Crippen molar-refractivity contribution in [2.24, 2.45) is 0 Å². The minimum atomic E-state index is -0.179. The fourth-order valence-corrected chi connectivity index (χ4v) is 3.05. The molecule has 0 aliphatic heterocycles. The number of nitrogens with two attached hydrogens (primary N) is 1. The van der Waals surface area contributed by atoms with Gasteiger partial charge in [0.15, 0.2) is 0 Å². The second kappa shape index (κ2) is 4.03. The van der Waals surface area contributed by atoms with E-state index in [-0.39, 0.29) is 5.56 Å². The predicted molar refractivity (Wildman–Crippen MR) is 67.7 cm³/mol. The topological polar surface area (TPSA) is 76.7 Å². The molecule has 0 amide bonds. The Bertz CT molecular complexity index is 563. The molecule has 5 nitrogen and oxygen atoms in total. The minimum Gasteiger partial charge on any atom is -0.393 e. The van der Waals surface area contributed by atoms with E-state index < -0.39 is 0 Å². The van der Waals surface area contributed by atoms with Crippen LogP contribution in [0, 0.1) is 0 Å². The van der Waals surface area contributed by atoms with E-state index in [0.717, 1.165) is 18.5 Å². The predicted octanol–water partition coefficient (Wildman–Crippen LogP) is 1.86. The molecule has 17 heavy (non-hydrogen) atoms. The maximum atomic E-state index is 12.0. The average molecular weight is 250 g/mol. The summed E-state index contributed by atoms with van der Waals surface area (Å²) in [6.45, 7) is 0. The van der Waals surface area contributed by atoms with E-state index in [1.165, 1.54) is 28.9 Å². The van der Waals surface area contributed by atoms with Gasteiger partial charge in [-0.2, -0.15) is 4.68 Å². The van der Waals surface area contributed by atoms with Crippen LogP contribution in [0.5, 0.6) is 0 Å². The Morgan fingerprint density at radius 3 is 2.88 bits per heavy atom. The third-order valence-electron chi connectivity index (χ3n) is 3.33. The zero-order valence-electron chi connectivity index (χ0n) is 9.35. The number of H-pyrrole nitrogens is 1. The van der Waals surface area contributed by atoms with Crippen molar-refractivity contribution < 1.29 is 0 Å². The quantitative estimate of drug-likeness (QED) is 0.854. The summed E-state index contributed by atoms with van der Waals surface area (Å²) >= 11 is 1.42. The normalized spacial score (nSPS) is 16.7. The molecule has 1 aliphatic carbocycles. The van der Waals surface area contributed by atoms with Crippen molar-refractivity contribution in [2.45, 2.75) is 31.6 Å². The summed E-state index contributed by atoms with van der Waals surface area (Å²) in [5, 5.41) is 5.61. The van der Waals surface area contributed by atoms with Gasteiger partial charge in [0, 0.05) is 17.5 Å². The number of nitrogens with zero attached hydrogens (tertiary/aromatic N) is 2. The van der Waals surface area contributed by atoms with E-state index in [1.807, 2.05) is 5.38 Å². The fraction of sp³-hybridized carbons (Fsp3) is 0.455. The van der Waals surface area contributed by atoms with Gasteiger partial charge in [0.2, 0.25) is 5.13 Å². The molecule has 0 radical (unpaired) electrons. The van der Waals surface area contributed by atoms with Crippen molar-refractivity contribution in [1.82, 2.24) is 14.8 Å². The number of rotatable bonds is 2. The molecule has 0 spiro atoms. The Balaban J connectivity index is 2.07. The van der Waals surface area contributed by atoms with Crippen LogP contribution in [0.3, 0.4) is 0 Å². The Morgan fingerprint density at radius 1 is 1.47 bits per heavy atom. The highest BCUT2D eigenvalue weighted by molar-refractivity contribution is 7.12. The number of hydrogen-bond acceptors (Lipinski definition) is 4. The van der Waals surface area contributed by atoms with E-state index >= 15 is 0 Å². The maximum absolute atomic E-state index is 12.0. The molecule has 90 valence electrons. The van der Waals surface area contributed by atoms with Crippen molar-refractivity contribution in [3.63, 3.8) is 0 Å². The number of nitrogens with one attached hydrogen (secondary N) is 1. The number of aromatic amines is 1. The standard InChI is InChI=1S/C11H14N4OS/c12-8-9(7-3-1-2-4-7)14-15(10(8)16)11-13-5-6-17-11/h5-7,14H,1-4,12H2. The number of anilines is 1. The van der Waals surface area contributed by atoms with Crippen molar-refractivity contribution in [2.75, 3.05) is 5.73 Å². The van der Waals surface area contributed by atoms with E-state index in [4.69, 9.17) is 5.73 Å². The summed E-state index contributed by atoms with van der Waals surface area (Å²) in [6, 6.07) is 0. The molecule has 0 aromatic carbocycles. The molecule has 1 fully saturated rings. The van der Waals surface area contributed by atoms with Gasteiger partial charge in [-0.25, -0.2) is 4.98 Å². The van der Waals surface area contributed by atoms with Crippen LogP contribution >= 0.6 is 11.3 Å². The lowest BCUT2D eigenvalue weighted by molar-refractivity contribution is 0.677. The Morgan fingerprint density at radius 2 is 2.24 bits per heavy atom. The zero-order valence-corrected chi connectivity index (χ0v) is 10.2. The largest absolute Gasteiger partial charge is 0.393 e. The van der Waals surface area contributed by atoms with Crippen molar-refractivity contribution >= 4 is 17.0 Å². The van der Waals surface area contributed by atoms with Gasteiger partial charge < -0.3 is 5.73 Å². The average Bonchev–Trinajstić information content (AvgIpc) is 3.02. The summed E-state index contributed by atoms with van der Waals surface area (Å²) < 4.78 is 1.45. The molecule has 1 saturated carbocycles. The van der Waals surface area contributed by atoms with Gasteiger partial charge in [0.1, 0.15) is 5.69 Å². The summed E-state index contributed by atoms with van der Waals surface area (Å²) in [5.41, 5.74) is 6.97. The first-order chi connectivity index (χ1) is 8.27. The van der Waals surface area contributed by atoms with Crippen LogP contribution in [0.2, 0.25) is 0 Å². The first-order valence-corrected chi connectivity index (χ1v) is 6.65. The number of nitrogen functional groups attached to an aromatic ring is 1. The molecule has 1 aliphatic rings. The number of thiazole rings is 1. The van der Waals surface area contributed by atoms with Gasteiger partial charge >= 0.3 is 0 Å². The summed E-state index contributed by atoms with van der Waals surface area (Å²) in [6.07, 6.45) is 6.34. The molecule has 2 heterocycles. The highest BCUT2D eigenvalue weighted by atomic mass is 32.1. The van der Waals surface area contributed by atoms with E-state index in [9.17, 15) is 4.79 Å². The van der Waals surface area contributed by atoms with Crippen LogP contribution in [0.4, 0.5) is 5.69 Å². The Hall–Kier alpha value is -1.56. The van der Waals surface area contributed by atoms with E-state index in [1.54, 1.807) is 6.20 Å². The molecule has 0 bridgehead atoms. The SMILES string of the molecule is Nc1c(C2CCCC2)[nH]n(-c2nccs2)c1=O. The molecule has 0 saturated heterocycles. The third kappa shape index (κ3) is 1.68. The minimum absolute atomic E-state index is 0.179. The summed E-state index contributed by atoms with van der Waals surface area (Å²) in [7, 11) is 0. The molecule has 0 atom stereocenters. The van der Waals surface area contributed by atoms with E-state index in [0.29, 0.717) is 16.7 Å². The second-order valence-corrected chi connectivity index (χ2v) is 5.25. The second-order valence-electron chi connectivity index (χ2n) is 4.38. The maximum Gasteiger partial charge on any atom is 0.296 e. The smallest absolute Gasteiger partial charge is 0.296 e. The molecule has 6 heteroatoms. The molecule has 2 aromatic rings. The zero-order chi connectivity index (χ0) is 11.8. The molecular formula is C11H14N4OS. The molecular weight excluding hydrogens is 236 g/mol. The number of hydrogen-bond donors (Lipinski definition) is 2. The summed E-state index contributed by atoms with van der Waals surface area (Å²) in [4.78, 5) is 16.1. The lowest BCUT2D eigenvalue weighted by atomic mass is 10.0. The van der Waals surface area contributed by atoms with Gasteiger partial charge in [-0.05, 0) is 12.8 Å². The van der Waals surface area contributed by atoms with Gasteiger partial charge in [-0.1, -0.05) is 12.8 Å². The molecule has 0 unspecified atom stereocenters. The van der Waals surface area contributed by atoms with Gasteiger partial charge in [0.05, 0.1) is 5.69 Å². The van der Waals surface area contributed by atoms with Crippen LogP contribution in [0.1, 0.15) is 37.3 Å². The third-order valence-corrected chi connectivity index (χ3v) is 4.09. The molecule has 2 aromatic heterocycles. The van der Waals surface area contributed by atoms with Gasteiger partial charge in [0.25, 0.3) is 5.56 Å². The van der Waals surface area contributed by atoms with Crippen molar-refractivity contribution in [3.8, 4) is 5.13 Å². The lowest BCUT2D eigenvalue weighted by Gasteiger charge is -2.06. The van der Waals surface area contributed by atoms with Crippen molar-refractivity contribution in [1.29, 1.82) is 0 Å². The van der Waals surface area contributed by atoms with Crippen LogP contribution in [0.15, 0.2) is 16.4 Å². The number of aromatic nitrogens is 3. The molecule has 3 rings (SSSR count). The molecule has 3 N–H and O–H groups in total. The van der Waals surface area contributed by atoms with Crippen LogP contribution in [-0.2, 0) is 0 Å². The van der Waals surface area contributed by atoms with Crippen LogP contribution < -0.4 is 11.3 Å². The van der Waals surface area contributed by atoms with Crippen LogP contribution in [-0.4, -0.2) is 14.8 Å². The lowest BCUT2D eigenvalue weighted by Crippen LogP contribution is -2.16. The van der Waals surface area contributed by atoms with Gasteiger partial charge in [-0.15, -0.1) is 11.3 Å².